The predicted octanol–water partition coefficient (Wildman–Crippen LogP) is 0.777. The monoisotopic (exact) mass is 217 g/mol. The summed E-state index contributed by atoms with van der Waals surface area (Å²) in [7, 11) is 0. The molecule has 1 saturated heterocycles. The Labute approximate surface area is 93.1 Å². The number of carboxylic acid groups (broad SMARTS) is 1. The summed E-state index contributed by atoms with van der Waals surface area (Å²) in [5, 5.41) is 9.03. The van der Waals surface area contributed by atoms with Crippen LogP contribution < -0.4 is 4.90 Å². The molecule has 82 valence electrons. The average molecular weight is 217 g/mol. The van der Waals surface area contributed by atoms with Crippen molar-refractivity contribution in [2.45, 2.75) is 18.9 Å². The standard InChI is InChI=1S/C11H11N3O2/c1-2-8-4-3-5-14(8)10-9(11(15)16)6-12-7-13-10/h1,6-8H,3-5H2,(H,15,16). The third-order valence-electron chi connectivity index (χ3n) is 2.64. The molecule has 0 aliphatic carbocycles. The van der Waals surface area contributed by atoms with Crippen LogP contribution in [0.1, 0.15) is 23.2 Å². The van der Waals surface area contributed by atoms with E-state index in [1.807, 2.05) is 4.90 Å². The van der Waals surface area contributed by atoms with Crippen LogP contribution in [0, 0.1) is 12.3 Å². The van der Waals surface area contributed by atoms with Crippen LogP contribution in [0.2, 0.25) is 0 Å². The number of carbonyl (C=O) groups is 1. The minimum absolute atomic E-state index is 0.0620. The van der Waals surface area contributed by atoms with Gasteiger partial charge in [0.05, 0.1) is 6.04 Å². The number of hydrogen-bond acceptors (Lipinski definition) is 4. The minimum Gasteiger partial charge on any atom is -0.477 e. The fourth-order valence-corrected chi connectivity index (χ4v) is 1.90. The first kappa shape index (κ1) is 10.4. The molecule has 5 heteroatoms. The second-order valence-electron chi connectivity index (χ2n) is 3.58. The Morgan fingerprint density at radius 1 is 1.69 bits per heavy atom. The van der Waals surface area contributed by atoms with E-state index in [0.717, 1.165) is 19.4 Å². The summed E-state index contributed by atoms with van der Waals surface area (Å²) < 4.78 is 0. The van der Waals surface area contributed by atoms with Crippen LogP contribution in [0.25, 0.3) is 0 Å². The highest BCUT2D eigenvalue weighted by atomic mass is 16.4. The van der Waals surface area contributed by atoms with Gasteiger partial charge in [0.2, 0.25) is 0 Å². The van der Waals surface area contributed by atoms with Crippen LogP contribution in [0.3, 0.4) is 0 Å². The Bertz CT molecular complexity index is 453. The molecular formula is C11H11N3O2. The first-order chi connectivity index (χ1) is 7.74. The van der Waals surface area contributed by atoms with Crippen molar-refractivity contribution in [2.75, 3.05) is 11.4 Å². The molecule has 1 unspecified atom stereocenters. The molecule has 5 nitrogen and oxygen atoms in total. The number of anilines is 1. The molecule has 1 fully saturated rings. The van der Waals surface area contributed by atoms with Crippen LogP contribution in [0.5, 0.6) is 0 Å². The average Bonchev–Trinajstić information content (AvgIpc) is 2.76. The lowest BCUT2D eigenvalue weighted by Gasteiger charge is -2.22. The summed E-state index contributed by atoms with van der Waals surface area (Å²) in [5.74, 6) is 2.04. The first-order valence-electron chi connectivity index (χ1n) is 5.00. The van der Waals surface area contributed by atoms with Gasteiger partial charge in [0.15, 0.2) is 0 Å². The largest absolute Gasteiger partial charge is 0.477 e. The summed E-state index contributed by atoms with van der Waals surface area (Å²) in [6.45, 7) is 0.742. The van der Waals surface area contributed by atoms with Gasteiger partial charge in [0.25, 0.3) is 0 Å². The van der Waals surface area contributed by atoms with Crippen LogP contribution in [-0.2, 0) is 0 Å². The smallest absolute Gasteiger partial charge is 0.341 e. The third kappa shape index (κ3) is 1.70. The maximum Gasteiger partial charge on any atom is 0.341 e. The molecule has 0 aromatic carbocycles. The molecule has 1 N–H and O–H groups in total. The molecule has 0 amide bonds. The van der Waals surface area contributed by atoms with Crippen molar-refractivity contribution in [1.29, 1.82) is 0 Å². The maximum absolute atomic E-state index is 11.0. The van der Waals surface area contributed by atoms with E-state index < -0.39 is 5.97 Å². The molecule has 2 rings (SSSR count). The second-order valence-corrected chi connectivity index (χ2v) is 3.58. The summed E-state index contributed by atoms with van der Waals surface area (Å²) in [5.41, 5.74) is 0.102. The lowest BCUT2D eigenvalue weighted by Crippen LogP contribution is -2.30. The van der Waals surface area contributed by atoms with Crippen molar-refractivity contribution in [3.63, 3.8) is 0 Å². The highest BCUT2D eigenvalue weighted by molar-refractivity contribution is 5.93. The normalized spacial score (nSPS) is 19.4. The number of aromatic carboxylic acids is 1. The van der Waals surface area contributed by atoms with E-state index >= 15 is 0 Å². The summed E-state index contributed by atoms with van der Waals surface area (Å²) in [4.78, 5) is 20.6. The van der Waals surface area contributed by atoms with Crippen molar-refractivity contribution in [2.24, 2.45) is 0 Å². The van der Waals surface area contributed by atoms with E-state index in [4.69, 9.17) is 11.5 Å². The van der Waals surface area contributed by atoms with Gasteiger partial charge in [-0.2, -0.15) is 0 Å². The molecule has 0 saturated carbocycles. The van der Waals surface area contributed by atoms with E-state index in [1.54, 1.807) is 0 Å². The van der Waals surface area contributed by atoms with Gasteiger partial charge in [0.1, 0.15) is 17.7 Å². The molecule has 1 aliphatic heterocycles. The van der Waals surface area contributed by atoms with Gasteiger partial charge in [-0.05, 0) is 12.8 Å². The number of terminal acetylenes is 1. The van der Waals surface area contributed by atoms with E-state index in [2.05, 4.69) is 15.9 Å². The highest BCUT2D eigenvalue weighted by Gasteiger charge is 2.27. The van der Waals surface area contributed by atoms with Crippen molar-refractivity contribution in [3.05, 3.63) is 18.1 Å². The Kier molecular flexibility index (Phi) is 2.73. The lowest BCUT2D eigenvalue weighted by molar-refractivity contribution is 0.0696. The number of rotatable bonds is 2. The topological polar surface area (TPSA) is 66.3 Å². The highest BCUT2D eigenvalue weighted by Crippen LogP contribution is 2.25. The zero-order valence-electron chi connectivity index (χ0n) is 8.63. The molecule has 16 heavy (non-hydrogen) atoms. The molecule has 1 aromatic heterocycles. The zero-order valence-corrected chi connectivity index (χ0v) is 8.63. The fourth-order valence-electron chi connectivity index (χ4n) is 1.90. The van der Waals surface area contributed by atoms with Crippen molar-refractivity contribution >= 4 is 11.8 Å². The number of nitrogens with zero attached hydrogens (tertiary/aromatic N) is 3. The lowest BCUT2D eigenvalue weighted by atomic mass is 10.2. The summed E-state index contributed by atoms with van der Waals surface area (Å²) in [6.07, 6.45) is 9.88. The Hall–Kier alpha value is -2.09. The molecule has 2 heterocycles. The Balaban J connectivity index is 2.40. The van der Waals surface area contributed by atoms with E-state index in [1.165, 1.54) is 12.5 Å². The second kappa shape index (κ2) is 4.19. The maximum atomic E-state index is 11.0. The van der Waals surface area contributed by atoms with Crippen LogP contribution in [-0.4, -0.2) is 33.6 Å². The van der Waals surface area contributed by atoms with E-state index in [-0.39, 0.29) is 11.6 Å². The van der Waals surface area contributed by atoms with Gasteiger partial charge in [-0.1, -0.05) is 5.92 Å². The number of aromatic nitrogens is 2. The van der Waals surface area contributed by atoms with Crippen molar-refractivity contribution < 1.29 is 9.90 Å². The fraction of sp³-hybridized carbons (Fsp3) is 0.364. The molecular weight excluding hydrogens is 206 g/mol. The van der Waals surface area contributed by atoms with Gasteiger partial charge in [-0.25, -0.2) is 14.8 Å². The predicted molar refractivity (Wildman–Crippen MR) is 58.2 cm³/mol. The molecule has 1 aliphatic rings. The SMILES string of the molecule is C#CC1CCCN1c1ncncc1C(=O)O. The van der Waals surface area contributed by atoms with Crippen LogP contribution in [0.4, 0.5) is 5.82 Å². The molecule has 0 spiro atoms. The van der Waals surface area contributed by atoms with E-state index in [9.17, 15) is 4.79 Å². The number of carboxylic acids is 1. The Morgan fingerprint density at radius 3 is 3.19 bits per heavy atom. The van der Waals surface area contributed by atoms with Gasteiger partial charge in [-0.3, -0.25) is 0 Å². The number of hydrogen-bond donors (Lipinski definition) is 1. The third-order valence-corrected chi connectivity index (χ3v) is 2.64. The van der Waals surface area contributed by atoms with Gasteiger partial charge < -0.3 is 10.0 Å². The quantitative estimate of drug-likeness (QED) is 0.741. The first-order valence-corrected chi connectivity index (χ1v) is 5.00. The van der Waals surface area contributed by atoms with Crippen molar-refractivity contribution in [1.82, 2.24) is 9.97 Å². The Morgan fingerprint density at radius 2 is 2.50 bits per heavy atom. The molecule has 0 bridgehead atoms. The van der Waals surface area contributed by atoms with Crippen molar-refractivity contribution in [3.8, 4) is 12.3 Å². The van der Waals surface area contributed by atoms with Gasteiger partial charge in [0, 0.05) is 12.7 Å². The minimum atomic E-state index is -1.03. The molecule has 0 radical (unpaired) electrons. The van der Waals surface area contributed by atoms with Crippen LogP contribution in [0.15, 0.2) is 12.5 Å². The molecule has 1 atom stereocenters. The summed E-state index contributed by atoms with van der Waals surface area (Å²) >= 11 is 0. The zero-order chi connectivity index (χ0) is 11.5. The van der Waals surface area contributed by atoms with Crippen LogP contribution >= 0.6 is 0 Å². The van der Waals surface area contributed by atoms with Gasteiger partial charge >= 0.3 is 5.97 Å². The van der Waals surface area contributed by atoms with E-state index in [0.29, 0.717) is 5.82 Å². The molecule has 1 aromatic rings. The van der Waals surface area contributed by atoms with Gasteiger partial charge in [-0.15, -0.1) is 6.42 Å². The summed E-state index contributed by atoms with van der Waals surface area (Å²) in [6, 6.07) is -0.0620.